The summed E-state index contributed by atoms with van der Waals surface area (Å²) >= 11 is 0. The first kappa shape index (κ1) is 12.5. The van der Waals surface area contributed by atoms with E-state index in [9.17, 15) is 0 Å². The molecule has 0 aliphatic carbocycles. The second-order valence-corrected chi connectivity index (χ2v) is 4.99. The molecule has 1 aromatic heterocycles. The SMILES string of the molecule is N#Cc1ncccc1CN1CCCc2c(N)cccc21. The molecule has 0 bridgehead atoms. The van der Waals surface area contributed by atoms with Crippen LogP contribution in [0.5, 0.6) is 0 Å². The first-order chi connectivity index (χ1) is 9.79. The van der Waals surface area contributed by atoms with Crippen molar-refractivity contribution in [3.63, 3.8) is 0 Å². The third-order valence-electron chi connectivity index (χ3n) is 3.74. The van der Waals surface area contributed by atoms with Gasteiger partial charge in [0.1, 0.15) is 11.8 Å². The molecule has 0 saturated carbocycles. The summed E-state index contributed by atoms with van der Waals surface area (Å²) in [6, 6.07) is 12.0. The third kappa shape index (κ3) is 2.19. The van der Waals surface area contributed by atoms with Gasteiger partial charge in [0.05, 0.1) is 0 Å². The van der Waals surface area contributed by atoms with E-state index in [1.165, 1.54) is 11.3 Å². The number of nitrogens with two attached hydrogens (primary N) is 1. The number of hydrogen-bond donors (Lipinski definition) is 1. The predicted octanol–water partition coefficient (Wildman–Crippen LogP) is 2.49. The summed E-state index contributed by atoms with van der Waals surface area (Å²) in [4.78, 5) is 6.41. The lowest BCUT2D eigenvalue weighted by Gasteiger charge is -2.32. The summed E-state index contributed by atoms with van der Waals surface area (Å²) in [7, 11) is 0. The maximum absolute atomic E-state index is 9.14. The molecule has 2 heterocycles. The second kappa shape index (κ2) is 5.22. The molecule has 0 radical (unpaired) electrons. The first-order valence-corrected chi connectivity index (χ1v) is 6.76. The number of nitrogen functional groups attached to an aromatic ring is 1. The normalized spacial score (nSPS) is 13.7. The van der Waals surface area contributed by atoms with E-state index in [1.807, 2.05) is 24.3 Å². The van der Waals surface area contributed by atoms with Crippen molar-refractivity contribution < 1.29 is 0 Å². The topological polar surface area (TPSA) is 65.9 Å². The fourth-order valence-electron chi connectivity index (χ4n) is 2.76. The zero-order valence-corrected chi connectivity index (χ0v) is 11.2. The highest BCUT2D eigenvalue weighted by Gasteiger charge is 2.19. The summed E-state index contributed by atoms with van der Waals surface area (Å²) in [5, 5.41) is 9.14. The number of hydrogen-bond acceptors (Lipinski definition) is 4. The van der Waals surface area contributed by atoms with Gasteiger partial charge in [-0.05, 0) is 36.6 Å². The van der Waals surface area contributed by atoms with Crippen molar-refractivity contribution in [1.82, 2.24) is 4.98 Å². The van der Waals surface area contributed by atoms with Crippen molar-refractivity contribution in [2.75, 3.05) is 17.2 Å². The molecule has 0 saturated heterocycles. The van der Waals surface area contributed by atoms with Crippen LogP contribution in [0.4, 0.5) is 11.4 Å². The van der Waals surface area contributed by atoms with Crippen molar-refractivity contribution in [3.8, 4) is 6.07 Å². The fraction of sp³-hybridized carbons (Fsp3) is 0.250. The fourth-order valence-corrected chi connectivity index (χ4v) is 2.76. The molecule has 0 fully saturated rings. The van der Waals surface area contributed by atoms with E-state index in [2.05, 4.69) is 22.0 Å². The molecule has 1 aliphatic rings. The minimum absolute atomic E-state index is 0.503. The number of rotatable bonds is 2. The summed E-state index contributed by atoms with van der Waals surface area (Å²) in [6.45, 7) is 1.68. The van der Waals surface area contributed by atoms with Gasteiger partial charge in [-0.2, -0.15) is 5.26 Å². The first-order valence-electron chi connectivity index (χ1n) is 6.76. The quantitative estimate of drug-likeness (QED) is 0.846. The molecule has 0 amide bonds. The minimum Gasteiger partial charge on any atom is -0.398 e. The second-order valence-electron chi connectivity index (χ2n) is 4.99. The van der Waals surface area contributed by atoms with Gasteiger partial charge in [-0.15, -0.1) is 0 Å². The van der Waals surface area contributed by atoms with E-state index >= 15 is 0 Å². The Morgan fingerprint density at radius 1 is 1.30 bits per heavy atom. The molecular weight excluding hydrogens is 248 g/mol. The van der Waals surface area contributed by atoms with Crippen molar-refractivity contribution in [3.05, 3.63) is 53.3 Å². The van der Waals surface area contributed by atoms with Crippen LogP contribution in [0.15, 0.2) is 36.5 Å². The van der Waals surface area contributed by atoms with E-state index in [4.69, 9.17) is 11.0 Å². The molecule has 1 aliphatic heterocycles. The average Bonchev–Trinajstić information content (AvgIpc) is 2.49. The van der Waals surface area contributed by atoms with Gasteiger partial charge in [-0.25, -0.2) is 4.98 Å². The van der Waals surface area contributed by atoms with Gasteiger partial charge in [0.2, 0.25) is 0 Å². The number of nitriles is 1. The van der Waals surface area contributed by atoms with Crippen LogP contribution < -0.4 is 10.6 Å². The van der Waals surface area contributed by atoms with Gasteiger partial charge in [-0.1, -0.05) is 12.1 Å². The van der Waals surface area contributed by atoms with Crippen LogP contribution in [-0.4, -0.2) is 11.5 Å². The van der Waals surface area contributed by atoms with Crippen LogP contribution in [-0.2, 0) is 13.0 Å². The lowest BCUT2D eigenvalue weighted by molar-refractivity contribution is 0.690. The van der Waals surface area contributed by atoms with Crippen LogP contribution in [0.2, 0.25) is 0 Å². The molecule has 0 spiro atoms. The molecule has 20 heavy (non-hydrogen) atoms. The Labute approximate surface area is 118 Å². The summed E-state index contributed by atoms with van der Waals surface area (Å²) in [5.74, 6) is 0. The monoisotopic (exact) mass is 264 g/mol. The van der Waals surface area contributed by atoms with Gasteiger partial charge in [0.25, 0.3) is 0 Å². The Hall–Kier alpha value is -2.54. The van der Waals surface area contributed by atoms with Crippen molar-refractivity contribution in [1.29, 1.82) is 5.26 Å². The number of aromatic nitrogens is 1. The van der Waals surface area contributed by atoms with Crippen molar-refractivity contribution in [2.45, 2.75) is 19.4 Å². The van der Waals surface area contributed by atoms with Crippen molar-refractivity contribution in [2.24, 2.45) is 0 Å². The average molecular weight is 264 g/mol. The van der Waals surface area contributed by atoms with Gasteiger partial charge < -0.3 is 10.6 Å². The maximum Gasteiger partial charge on any atom is 0.145 e. The van der Waals surface area contributed by atoms with E-state index < -0.39 is 0 Å². The Kier molecular flexibility index (Phi) is 3.26. The molecule has 4 nitrogen and oxygen atoms in total. The number of benzene rings is 1. The molecule has 2 aromatic rings. The van der Waals surface area contributed by atoms with Gasteiger partial charge >= 0.3 is 0 Å². The van der Waals surface area contributed by atoms with Crippen LogP contribution in [0, 0.1) is 11.3 Å². The van der Waals surface area contributed by atoms with E-state index in [1.54, 1.807) is 6.20 Å². The maximum atomic E-state index is 9.14. The van der Waals surface area contributed by atoms with Crippen LogP contribution in [0.1, 0.15) is 23.2 Å². The van der Waals surface area contributed by atoms with Gasteiger partial charge in [-0.3, -0.25) is 0 Å². The molecule has 3 rings (SSSR count). The minimum atomic E-state index is 0.503. The Morgan fingerprint density at radius 2 is 2.20 bits per heavy atom. The van der Waals surface area contributed by atoms with Gasteiger partial charge in [0.15, 0.2) is 0 Å². The highest BCUT2D eigenvalue weighted by molar-refractivity contribution is 5.66. The smallest absolute Gasteiger partial charge is 0.145 e. The lowest BCUT2D eigenvalue weighted by Crippen LogP contribution is -2.29. The van der Waals surface area contributed by atoms with Crippen LogP contribution in [0.25, 0.3) is 0 Å². The summed E-state index contributed by atoms with van der Waals surface area (Å²) in [6.07, 6.45) is 3.77. The molecule has 4 heteroatoms. The number of nitrogens with zero attached hydrogens (tertiary/aromatic N) is 3. The molecular formula is C16H16N4. The van der Waals surface area contributed by atoms with Gasteiger partial charge in [0, 0.05) is 36.2 Å². The van der Waals surface area contributed by atoms with Crippen LogP contribution in [0.3, 0.4) is 0 Å². The van der Waals surface area contributed by atoms with E-state index in [0.29, 0.717) is 12.2 Å². The summed E-state index contributed by atoms with van der Waals surface area (Å²) in [5.41, 5.74) is 10.8. The lowest BCUT2D eigenvalue weighted by atomic mass is 9.99. The zero-order chi connectivity index (χ0) is 13.9. The summed E-state index contributed by atoms with van der Waals surface area (Å²) < 4.78 is 0. The Bertz CT molecular complexity index is 672. The Balaban J connectivity index is 1.94. The largest absolute Gasteiger partial charge is 0.398 e. The Morgan fingerprint density at radius 3 is 3.05 bits per heavy atom. The molecule has 0 unspecified atom stereocenters. The highest BCUT2D eigenvalue weighted by atomic mass is 15.1. The molecule has 1 aromatic carbocycles. The number of fused-ring (bicyclic) bond motifs is 1. The van der Waals surface area contributed by atoms with Crippen LogP contribution >= 0.6 is 0 Å². The molecule has 100 valence electrons. The predicted molar refractivity (Wildman–Crippen MR) is 79.2 cm³/mol. The number of anilines is 2. The number of pyridine rings is 1. The third-order valence-corrected chi connectivity index (χ3v) is 3.74. The molecule has 0 atom stereocenters. The van der Waals surface area contributed by atoms with Crippen molar-refractivity contribution >= 4 is 11.4 Å². The zero-order valence-electron chi connectivity index (χ0n) is 11.2. The molecule has 2 N–H and O–H groups in total. The van der Waals surface area contributed by atoms with E-state index in [0.717, 1.165) is 30.6 Å². The van der Waals surface area contributed by atoms with E-state index in [-0.39, 0.29) is 0 Å². The highest BCUT2D eigenvalue weighted by Crippen LogP contribution is 2.32. The standard InChI is InChI=1S/C16H16N4/c17-10-15-12(4-2-8-19-15)11-20-9-3-5-13-14(18)6-1-7-16(13)20/h1-2,4,6-8H,3,5,9,11,18H2.